The standard InChI is InChI=1S/C16H13BrO2/c1-11-3-2-4-15-12(10-19-16(11)15)9-18-14-7-5-13(17)6-8-14/h2-8,10H,9H2,1H3. The van der Waals surface area contributed by atoms with Gasteiger partial charge in [-0.15, -0.1) is 0 Å². The molecule has 3 rings (SSSR count). The van der Waals surface area contributed by atoms with Gasteiger partial charge in [0.2, 0.25) is 0 Å². The highest BCUT2D eigenvalue weighted by Crippen LogP contribution is 2.25. The third kappa shape index (κ3) is 2.51. The molecule has 2 nitrogen and oxygen atoms in total. The molecule has 19 heavy (non-hydrogen) atoms. The third-order valence-electron chi connectivity index (χ3n) is 3.08. The van der Waals surface area contributed by atoms with Crippen LogP contribution in [0.25, 0.3) is 11.0 Å². The number of ether oxygens (including phenoxy) is 1. The van der Waals surface area contributed by atoms with Gasteiger partial charge in [0.1, 0.15) is 17.9 Å². The van der Waals surface area contributed by atoms with Crippen molar-refractivity contribution >= 4 is 26.9 Å². The molecule has 0 aliphatic rings. The van der Waals surface area contributed by atoms with Crippen molar-refractivity contribution in [2.24, 2.45) is 0 Å². The van der Waals surface area contributed by atoms with Crippen molar-refractivity contribution < 1.29 is 9.15 Å². The molecule has 0 aliphatic carbocycles. The zero-order chi connectivity index (χ0) is 13.2. The second-order valence-electron chi connectivity index (χ2n) is 4.46. The van der Waals surface area contributed by atoms with Crippen LogP contribution in [0.4, 0.5) is 0 Å². The molecule has 0 aliphatic heterocycles. The Bertz CT molecular complexity index is 698. The molecule has 0 saturated heterocycles. The van der Waals surface area contributed by atoms with E-state index in [-0.39, 0.29) is 0 Å². The minimum absolute atomic E-state index is 0.512. The zero-order valence-electron chi connectivity index (χ0n) is 10.5. The Balaban J connectivity index is 1.82. The Morgan fingerprint density at radius 1 is 1.11 bits per heavy atom. The molecule has 2 aromatic carbocycles. The van der Waals surface area contributed by atoms with Crippen LogP contribution in [0.1, 0.15) is 11.1 Å². The maximum atomic E-state index is 5.77. The van der Waals surface area contributed by atoms with Gasteiger partial charge < -0.3 is 9.15 Å². The lowest BCUT2D eigenvalue weighted by atomic mass is 10.1. The van der Waals surface area contributed by atoms with Crippen LogP contribution in [0.3, 0.4) is 0 Å². The highest BCUT2D eigenvalue weighted by atomic mass is 79.9. The predicted molar refractivity (Wildman–Crippen MR) is 79.4 cm³/mol. The minimum Gasteiger partial charge on any atom is -0.489 e. The summed E-state index contributed by atoms with van der Waals surface area (Å²) in [6.45, 7) is 2.56. The van der Waals surface area contributed by atoms with Gasteiger partial charge in [0, 0.05) is 15.4 Å². The van der Waals surface area contributed by atoms with Gasteiger partial charge >= 0.3 is 0 Å². The Hall–Kier alpha value is -1.74. The van der Waals surface area contributed by atoms with E-state index in [1.807, 2.05) is 43.3 Å². The van der Waals surface area contributed by atoms with Crippen LogP contribution in [0.5, 0.6) is 5.75 Å². The summed E-state index contributed by atoms with van der Waals surface area (Å²) < 4.78 is 12.4. The van der Waals surface area contributed by atoms with Gasteiger partial charge in [-0.2, -0.15) is 0 Å². The number of halogens is 1. The van der Waals surface area contributed by atoms with Gasteiger partial charge in [-0.3, -0.25) is 0 Å². The zero-order valence-corrected chi connectivity index (χ0v) is 12.1. The molecule has 0 saturated carbocycles. The Kier molecular flexibility index (Phi) is 3.30. The average molecular weight is 317 g/mol. The second-order valence-corrected chi connectivity index (χ2v) is 5.37. The minimum atomic E-state index is 0.512. The SMILES string of the molecule is Cc1cccc2c(COc3ccc(Br)cc3)coc12. The molecule has 0 fully saturated rings. The number of hydrogen-bond acceptors (Lipinski definition) is 2. The molecular weight excluding hydrogens is 304 g/mol. The molecule has 3 aromatic rings. The fourth-order valence-corrected chi connectivity index (χ4v) is 2.32. The molecule has 1 heterocycles. The number of aryl methyl sites for hydroxylation is 1. The van der Waals surface area contributed by atoms with E-state index in [0.29, 0.717) is 6.61 Å². The van der Waals surface area contributed by atoms with E-state index in [1.54, 1.807) is 6.26 Å². The fraction of sp³-hybridized carbons (Fsp3) is 0.125. The summed E-state index contributed by atoms with van der Waals surface area (Å²) in [7, 11) is 0. The van der Waals surface area contributed by atoms with E-state index < -0.39 is 0 Å². The van der Waals surface area contributed by atoms with Crippen molar-refractivity contribution in [1.29, 1.82) is 0 Å². The smallest absolute Gasteiger partial charge is 0.137 e. The highest BCUT2D eigenvalue weighted by Gasteiger charge is 2.08. The van der Waals surface area contributed by atoms with E-state index in [0.717, 1.165) is 32.3 Å². The molecule has 0 radical (unpaired) electrons. The summed E-state index contributed by atoms with van der Waals surface area (Å²) in [5.74, 6) is 0.852. The number of benzene rings is 2. The summed E-state index contributed by atoms with van der Waals surface area (Å²) in [6.07, 6.45) is 1.77. The first kappa shape index (κ1) is 12.3. The number of rotatable bonds is 3. The van der Waals surface area contributed by atoms with Crippen LogP contribution in [0.2, 0.25) is 0 Å². The van der Waals surface area contributed by atoms with Crippen molar-refractivity contribution in [1.82, 2.24) is 0 Å². The summed E-state index contributed by atoms with van der Waals surface area (Å²) >= 11 is 3.41. The number of para-hydroxylation sites is 1. The molecule has 0 bridgehead atoms. The molecule has 0 N–H and O–H groups in total. The maximum absolute atomic E-state index is 5.77. The van der Waals surface area contributed by atoms with E-state index in [9.17, 15) is 0 Å². The fourth-order valence-electron chi connectivity index (χ4n) is 2.06. The first-order chi connectivity index (χ1) is 9.24. The van der Waals surface area contributed by atoms with Crippen molar-refractivity contribution in [3.63, 3.8) is 0 Å². The molecule has 0 unspecified atom stereocenters. The van der Waals surface area contributed by atoms with Crippen LogP contribution < -0.4 is 4.74 Å². The van der Waals surface area contributed by atoms with Crippen LogP contribution >= 0.6 is 15.9 Å². The summed E-state index contributed by atoms with van der Waals surface area (Å²) in [6, 6.07) is 14.0. The average Bonchev–Trinajstić information content (AvgIpc) is 2.83. The lowest BCUT2D eigenvalue weighted by Crippen LogP contribution is -1.94. The van der Waals surface area contributed by atoms with Crippen LogP contribution in [0, 0.1) is 6.92 Å². The van der Waals surface area contributed by atoms with Crippen LogP contribution in [0.15, 0.2) is 57.6 Å². The van der Waals surface area contributed by atoms with Gasteiger partial charge in [-0.05, 0) is 36.8 Å². The van der Waals surface area contributed by atoms with Crippen molar-refractivity contribution in [2.75, 3.05) is 0 Å². The van der Waals surface area contributed by atoms with Crippen LogP contribution in [-0.2, 0) is 6.61 Å². The maximum Gasteiger partial charge on any atom is 0.137 e. The molecular formula is C16H13BrO2. The van der Waals surface area contributed by atoms with Crippen LogP contribution in [-0.4, -0.2) is 0 Å². The topological polar surface area (TPSA) is 22.4 Å². The molecule has 0 spiro atoms. The van der Waals surface area contributed by atoms with Gasteiger partial charge in [0.15, 0.2) is 0 Å². The Morgan fingerprint density at radius 2 is 1.89 bits per heavy atom. The molecule has 96 valence electrons. The summed E-state index contributed by atoms with van der Waals surface area (Å²) in [5.41, 5.74) is 3.16. The summed E-state index contributed by atoms with van der Waals surface area (Å²) in [4.78, 5) is 0. The van der Waals surface area contributed by atoms with Gasteiger partial charge in [0.25, 0.3) is 0 Å². The van der Waals surface area contributed by atoms with E-state index in [2.05, 4.69) is 22.0 Å². The molecule has 1 aromatic heterocycles. The number of fused-ring (bicyclic) bond motifs is 1. The van der Waals surface area contributed by atoms with Crippen molar-refractivity contribution in [3.05, 3.63) is 64.3 Å². The van der Waals surface area contributed by atoms with Gasteiger partial charge in [0.05, 0.1) is 6.26 Å². The molecule has 3 heteroatoms. The normalized spacial score (nSPS) is 10.8. The van der Waals surface area contributed by atoms with Crippen molar-refractivity contribution in [2.45, 2.75) is 13.5 Å². The van der Waals surface area contributed by atoms with E-state index in [4.69, 9.17) is 9.15 Å². The number of hydrogen-bond donors (Lipinski definition) is 0. The monoisotopic (exact) mass is 316 g/mol. The van der Waals surface area contributed by atoms with Crippen molar-refractivity contribution in [3.8, 4) is 5.75 Å². The lowest BCUT2D eigenvalue weighted by Gasteiger charge is -2.04. The predicted octanol–water partition coefficient (Wildman–Crippen LogP) is 5.08. The first-order valence-corrected chi connectivity index (χ1v) is 6.87. The largest absolute Gasteiger partial charge is 0.489 e. The summed E-state index contributed by atoms with van der Waals surface area (Å²) in [5, 5.41) is 1.12. The van der Waals surface area contributed by atoms with E-state index in [1.165, 1.54) is 0 Å². The van der Waals surface area contributed by atoms with E-state index >= 15 is 0 Å². The number of furan rings is 1. The second kappa shape index (κ2) is 5.10. The van der Waals surface area contributed by atoms with Gasteiger partial charge in [-0.25, -0.2) is 0 Å². The van der Waals surface area contributed by atoms with Gasteiger partial charge in [-0.1, -0.05) is 34.1 Å². The Labute approximate surface area is 120 Å². The molecule has 0 amide bonds. The first-order valence-electron chi connectivity index (χ1n) is 6.08. The quantitative estimate of drug-likeness (QED) is 0.672. The lowest BCUT2D eigenvalue weighted by molar-refractivity contribution is 0.306. The Morgan fingerprint density at radius 3 is 2.68 bits per heavy atom. The third-order valence-corrected chi connectivity index (χ3v) is 3.61. The highest BCUT2D eigenvalue weighted by molar-refractivity contribution is 9.10. The molecule has 0 atom stereocenters.